The molecule has 0 aliphatic carbocycles. The number of hydrogen-bond acceptors (Lipinski definition) is 5. The molecule has 1 heterocycles. The van der Waals surface area contributed by atoms with Gasteiger partial charge in [-0.3, -0.25) is 14.9 Å². The van der Waals surface area contributed by atoms with Crippen molar-refractivity contribution >= 4 is 12.0 Å². The molecule has 0 fully saturated rings. The van der Waals surface area contributed by atoms with Crippen LogP contribution in [0.2, 0.25) is 0 Å². The molecule has 1 aromatic rings. The summed E-state index contributed by atoms with van der Waals surface area (Å²) in [5.41, 5.74) is -0.557. The summed E-state index contributed by atoms with van der Waals surface area (Å²) in [4.78, 5) is 22.9. The highest BCUT2D eigenvalue weighted by molar-refractivity contribution is 5.76. The summed E-state index contributed by atoms with van der Waals surface area (Å²) in [5.74, 6) is -0.487. The highest BCUT2D eigenvalue weighted by Gasteiger charge is 2.10. The minimum absolute atomic E-state index is 0.208. The molecule has 12 heavy (non-hydrogen) atoms. The smallest absolute Gasteiger partial charge is 0.291 e. The monoisotopic (exact) mass is 168 g/mol. The van der Waals surface area contributed by atoms with Gasteiger partial charge in [0, 0.05) is 0 Å². The second-order valence-corrected chi connectivity index (χ2v) is 1.97. The fourth-order valence-corrected chi connectivity index (χ4v) is 0.644. The third kappa shape index (κ3) is 1.36. The zero-order chi connectivity index (χ0) is 9.14. The summed E-state index contributed by atoms with van der Waals surface area (Å²) in [6.45, 7) is 0. The molecule has 0 spiro atoms. The predicted octanol–water partition coefficient (Wildman–Crippen LogP) is 0.508. The molecule has 0 bridgehead atoms. The van der Waals surface area contributed by atoms with Gasteiger partial charge in [-0.1, -0.05) is 0 Å². The van der Waals surface area contributed by atoms with Crippen molar-refractivity contribution in [3.8, 4) is 5.75 Å². The Morgan fingerprint density at radius 1 is 1.67 bits per heavy atom. The van der Waals surface area contributed by atoms with E-state index in [1.54, 1.807) is 0 Å². The van der Waals surface area contributed by atoms with Crippen LogP contribution in [-0.4, -0.2) is 21.3 Å². The molecule has 6 nitrogen and oxygen atoms in total. The van der Waals surface area contributed by atoms with Crippen LogP contribution >= 0.6 is 0 Å². The molecule has 1 N–H and O–H groups in total. The normalized spacial score (nSPS) is 9.33. The molecule has 0 aliphatic heterocycles. The van der Waals surface area contributed by atoms with Crippen LogP contribution in [-0.2, 0) is 0 Å². The molecule has 0 saturated heterocycles. The van der Waals surface area contributed by atoms with Crippen molar-refractivity contribution in [2.24, 2.45) is 0 Å². The molecule has 0 saturated carbocycles. The van der Waals surface area contributed by atoms with E-state index in [0.29, 0.717) is 6.29 Å². The van der Waals surface area contributed by atoms with Crippen molar-refractivity contribution in [1.29, 1.82) is 0 Å². The first-order valence-electron chi connectivity index (χ1n) is 2.93. The fourth-order valence-electron chi connectivity index (χ4n) is 0.644. The number of carbonyl (C=O) groups excluding carboxylic acids is 1. The van der Waals surface area contributed by atoms with E-state index in [1.165, 1.54) is 0 Å². The maximum absolute atomic E-state index is 10.1. The Kier molecular flexibility index (Phi) is 2.00. The standard InChI is InChI=1S/C6H4N2O4/c9-3-5-6(10)1-4(2-7-5)8(11)12/h1-3,10H. The van der Waals surface area contributed by atoms with Gasteiger partial charge in [0.2, 0.25) is 0 Å². The van der Waals surface area contributed by atoms with Gasteiger partial charge in [-0.05, 0) is 0 Å². The highest BCUT2D eigenvalue weighted by Crippen LogP contribution is 2.18. The van der Waals surface area contributed by atoms with Crippen LogP contribution in [0.15, 0.2) is 12.3 Å². The van der Waals surface area contributed by atoms with Crippen LogP contribution in [0.4, 0.5) is 5.69 Å². The van der Waals surface area contributed by atoms with Crippen LogP contribution in [0, 0.1) is 10.1 Å². The molecule has 0 amide bonds. The topological polar surface area (TPSA) is 93.3 Å². The second-order valence-electron chi connectivity index (χ2n) is 1.97. The van der Waals surface area contributed by atoms with E-state index in [1.807, 2.05) is 0 Å². The molecule has 6 heteroatoms. The molecular formula is C6H4N2O4. The number of carbonyl (C=O) groups is 1. The maximum atomic E-state index is 10.1. The van der Waals surface area contributed by atoms with Gasteiger partial charge in [0.25, 0.3) is 5.69 Å². The minimum atomic E-state index is -0.707. The highest BCUT2D eigenvalue weighted by atomic mass is 16.6. The average molecular weight is 168 g/mol. The Bertz CT molecular complexity index is 336. The maximum Gasteiger partial charge on any atom is 0.291 e. The Hall–Kier alpha value is -1.98. The molecule has 1 aromatic heterocycles. The number of nitro groups is 1. The molecule has 0 aliphatic rings. The number of nitrogens with zero attached hydrogens (tertiary/aromatic N) is 2. The molecular weight excluding hydrogens is 164 g/mol. The lowest BCUT2D eigenvalue weighted by atomic mass is 10.3. The van der Waals surface area contributed by atoms with E-state index < -0.39 is 10.7 Å². The number of pyridine rings is 1. The van der Waals surface area contributed by atoms with Crippen molar-refractivity contribution in [3.05, 3.63) is 28.1 Å². The van der Waals surface area contributed by atoms with E-state index in [9.17, 15) is 14.9 Å². The third-order valence-corrected chi connectivity index (χ3v) is 1.21. The van der Waals surface area contributed by atoms with Crippen LogP contribution in [0.25, 0.3) is 0 Å². The Balaban J connectivity index is 3.18. The number of rotatable bonds is 2. The summed E-state index contributed by atoms with van der Waals surface area (Å²) in [5, 5.41) is 19.1. The summed E-state index contributed by atoms with van der Waals surface area (Å²) >= 11 is 0. The van der Waals surface area contributed by atoms with Gasteiger partial charge in [0.1, 0.15) is 11.9 Å². The van der Waals surface area contributed by atoms with Crippen LogP contribution in [0.3, 0.4) is 0 Å². The summed E-state index contributed by atoms with van der Waals surface area (Å²) in [7, 11) is 0. The van der Waals surface area contributed by atoms with E-state index in [0.717, 1.165) is 12.3 Å². The van der Waals surface area contributed by atoms with Crippen molar-refractivity contribution in [2.45, 2.75) is 0 Å². The van der Waals surface area contributed by atoms with Gasteiger partial charge < -0.3 is 5.11 Å². The van der Waals surface area contributed by atoms with Crippen molar-refractivity contribution in [3.63, 3.8) is 0 Å². The van der Waals surface area contributed by atoms with Gasteiger partial charge in [0.05, 0.1) is 11.0 Å². The Morgan fingerprint density at radius 3 is 2.75 bits per heavy atom. The van der Waals surface area contributed by atoms with Gasteiger partial charge in [-0.15, -0.1) is 0 Å². The molecule has 0 radical (unpaired) electrons. The Morgan fingerprint density at radius 2 is 2.33 bits per heavy atom. The van der Waals surface area contributed by atoms with Crippen LogP contribution in [0.5, 0.6) is 5.75 Å². The summed E-state index contributed by atoms with van der Waals surface area (Å²) in [6, 6.07) is 0.872. The first-order chi connectivity index (χ1) is 5.65. The number of aldehydes is 1. The summed E-state index contributed by atoms with van der Waals surface area (Å²) < 4.78 is 0. The zero-order valence-electron chi connectivity index (χ0n) is 5.80. The second kappa shape index (κ2) is 2.95. The van der Waals surface area contributed by atoms with E-state index in [-0.39, 0.29) is 11.4 Å². The average Bonchev–Trinajstić information content (AvgIpc) is 2.04. The molecule has 1 rings (SSSR count). The lowest BCUT2D eigenvalue weighted by molar-refractivity contribution is -0.385. The van der Waals surface area contributed by atoms with Gasteiger partial charge in [0.15, 0.2) is 12.0 Å². The first-order valence-corrected chi connectivity index (χ1v) is 2.93. The number of hydrogen-bond donors (Lipinski definition) is 1. The van der Waals surface area contributed by atoms with E-state index in [4.69, 9.17) is 5.11 Å². The molecule has 0 atom stereocenters. The van der Waals surface area contributed by atoms with Crippen LogP contribution < -0.4 is 0 Å². The number of aromatic nitrogens is 1. The quantitative estimate of drug-likeness (QED) is 0.394. The lowest BCUT2D eigenvalue weighted by Gasteiger charge is -1.94. The Labute approximate surface area is 66.6 Å². The van der Waals surface area contributed by atoms with E-state index >= 15 is 0 Å². The number of aromatic hydroxyl groups is 1. The van der Waals surface area contributed by atoms with Crippen LogP contribution in [0.1, 0.15) is 10.5 Å². The molecule has 0 aromatic carbocycles. The fraction of sp³-hybridized carbons (Fsp3) is 0. The molecule has 0 unspecified atom stereocenters. The van der Waals surface area contributed by atoms with Gasteiger partial charge >= 0.3 is 0 Å². The van der Waals surface area contributed by atoms with Gasteiger partial charge in [-0.2, -0.15) is 0 Å². The van der Waals surface area contributed by atoms with Crippen molar-refractivity contribution in [1.82, 2.24) is 4.98 Å². The molecule has 62 valence electrons. The van der Waals surface area contributed by atoms with Crippen molar-refractivity contribution < 1.29 is 14.8 Å². The third-order valence-electron chi connectivity index (χ3n) is 1.21. The summed E-state index contributed by atoms with van der Waals surface area (Å²) in [6.07, 6.45) is 1.22. The lowest BCUT2D eigenvalue weighted by Crippen LogP contribution is -1.92. The predicted molar refractivity (Wildman–Crippen MR) is 37.9 cm³/mol. The SMILES string of the molecule is O=Cc1ncc([N+](=O)[O-])cc1O. The van der Waals surface area contributed by atoms with E-state index in [2.05, 4.69) is 4.98 Å². The minimum Gasteiger partial charge on any atom is -0.505 e. The first kappa shape index (κ1) is 8.12. The largest absolute Gasteiger partial charge is 0.505 e. The van der Waals surface area contributed by atoms with Gasteiger partial charge in [-0.25, -0.2) is 4.98 Å². The zero-order valence-corrected chi connectivity index (χ0v) is 5.80. The van der Waals surface area contributed by atoms with Crippen molar-refractivity contribution in [2.75, 3.05) is 0 Å².